The van der Waals surface area contributed by atoms with Crippen molar-refractivity contribution >= 4 is 22.5 Å². The molecule has 0 radical (unpaired) electrons. The maximum atomic E-state index is 13.4. The molecule has 2 N–H and O–H groups in total. The molecule has 0 heterocycles. The number of alkyl halides is 6. The molecule has 2 amide bonds. The highest BCUT2D eigenvalue weighted by molar-refractivity contribution is 6.04. The van der Waals surface area contributed by atoms with Gasteiger partial charge in [-0.15, -0.1) is 0 Å². The van der Waals surface area contributed by atoms with Crippen molar-refractivity contribution in [2.45, 2.75) is 24.9 Å². The van der Waals surface area contributed by atoms with Crippen LogP contribution in [0.25, 0.3) is 10.8 Å². The third-order valence-corrected chi connectivity index (χ3v) is 4.08. The number of carbonyl (C=O) groups is 1. The first-order valence-electron chi connectivity index (χ1n) is 7.75. The molecule has 10 heteroatoms. The highest BCUT2D eigenvalue weighted by Gasteiger charge is 2.72. The number of nitrogens with one attached hydrogen (secondary N) is 1. The summed E-state index contributed by atoms with van der Waals surface area (Å²) in [7, 11) is 1.03. The number of halogens is 6. The number of anilines is 1. The van der Waals surface area contributed by atoms with Gasteiger partial charge in [-0.1, -0.05) is 36.4 Å². The number of carbonyl (C=O) groups excluding carboxylic acids is 1. The van der Waals surface area contributed by atoms with Gasteiger partial charge < -0.3 is 10.4 Å². The van der Waals surface area contributed by atoms with Gasteiger partial charge in [-0.3, -0.25) is 4.90 Å². The summed E-state index contributed by atoms with van der Waals surface area (Å²) in [5.41, 5.74) is -7.31. The highest BCUT2D eigenvalue weighted by atomic mass is 19.4. The first-order chi connectivity index (χ1) is 12.4. The van der Waals surface area contributed by atoms with E-state index in [2.05, 4.69) is 5.32 Å². The predicted octanol–water partition coefficient (Wildman–Crippen LogP) is 4.32. The van der Waals surface area contributed by atoms with Gasteiger partial charge in [0.05, 0.1) is 5.69 Å². The van der Waals surface area contributed by atoms with Crippen molar-refractivity contribution in [2.24, 2.45) is 0 Å². The molecule has 0 unspecified atom stereocenters. The van der Waals surface area contributed by atoms with Crippen molar-refractivity contribution in [2.75, 3.05) is 18.5 Å². The molecule has 2 aromatic rings. The molecule has 0 aliphatic carbocycles. The van der Waals surface area contributed by atoms with E-state index in [-0.39, 0.29) is 11.9 Å². The molecule has 0 saturated heterocycles. The minimum Gasteiger partial charge on any atom is -0.369 e. The van der Waals surface area contributed by atoms with Crippen LogP contribution in [0.2, 0.25) is 0 Å². The third-order valence-electron chi connectivity index (χ3n) is 4.08. The van der Waals surface area contributed by atoms with Crippen LogP contribution in [0, 0.1) is 0 Å². The topological polar surface area (TPSA) is 52.6 Å². The molecular formula is C17H16F6N2O2. The lowest BCUT2D eigenvalue weighted by atomic mass is 9.88. The average molecular weight is 394 g/mol. The number of fused-ring (bicyclic) bond motifs is 1. The molecule has 4 nitrogen and oxygen atoms in total. The van der Waals surface area contributed by atoms with Crippen LogP contribution < -0.4 is 10.2 Å². The van der Waals surface area contributed by atoms with E-state index in [0.717, 1.165) is 13.1 Å². The molecule has 2 aromatic carbocycles. The summed E-state index contributed by atoms with van der Waals surface area (Å²) >= 11 is 0. The van der Waals surface area contributed by atoms with Crippen molar-refractivity contribution in [1.82, 2.24) is 5.32 Å². The van der Waals surface area contributed by atoms with Gasteiger partial charge in [0, 0.05) is 24.5 Å². The van der Waals surface area contributed by atoms with E-state index < -0.39 is 35.2 Å². The summed E-state index contributed by atoms with van der Waals surface area (Å²) in [6, 6.07) is 6.34. The SMILES string of the molecule is CCNC(=O)N(C)c1c(C(O)(C(F)(F)F)C(F)(F)F)ccc2ccccc12. The number of amides is 2. The molecular weight excluding hydrogens is 378 g/mol. The highest BCUT2D eigenvalue weighted by Crippen LogP contribution is 2.53. The van der Waals surface area contributed by atoms with Gasteiger partial charge in [0.1, 0.15) is 0 Å². The summed E-state index contributed by atoms with van der Waals surface area (Å²) < 4.78 is 80.3. The van der Waals surface area contributed by atoms with E-state index in [1.54, 1.807) is 0 Å². The molecule has 27 heavy (non-hydrogen) atoms. The largest absolute Gasteiger partial charge is 0.430 e. The van der Waals surface area contributed by atoms with Crippen molar-refractivity contribution in [3.8, 4) is 0 Å². The maximum absolute atomic E-state index is 13.4. The number of hydrogen-bond donors (Lipinski definition) is 2. The minimum absolute atomic E-state index is 0.0457. The van der Waals surface area contributed by atoms with Crippen LogP contribution in [0.3, 0.4) is 0 Å². The van der Waals surface area contributed by atoms with E-state index >= 15 is 0 Å². The second kappa shape index (κ2) is 6.91. The number of aliphatic hydroxyl groups is 1. The Bertz CT molecular complexity index is 833. The van der Waals surface area contributed by atoms with Gasteiger partial charge >= 0.3 is 18.4 Å². The second-order valence-electron chi connectivity index (χ2n) is 5.78. The van der Waals surface area contributed by atoms with Crippen molar-refractivity contribution in [3.05, 3.63) is 42.0 Å². The summed E-state index contributed by atoms with van der Waals surface area (Å²) in [6.45, 7) is 1.64. The molecule has 0 atom stereocenters. The number of hydrogen-bond acceptors (Lipinski definition) is 2. The Morgan fingerprint density at radius 2 is 1.59 bits per heavy atom. The smallest absolute Gasteiger partial charge is 0.369 e. The summed E-state index contributed by atoms with van der Waals surface area (Å²) in [4.78, 5) is 12.8. The Morgan fingerprint density at radius 3 is 2.11 bits per heavy atom. The summed E-state index contributed by atoms with van der Waals surface area (Å²) in [5, 5.41) is 12.4. The van der Waals surface area contributed by atoms with Crippen LogP contribution >= 0.6 is 0 Å². The molecule has 148 valence electrons. The van der Waals surface area contributed by atoms with Crippen molar-refractivity contribution < 1.29 is 36.2 Å². The van der Waals surface area contributed by atoms with Gasteiger partial charge in [-0.05, 0) is 12.3 Å². The molecule has 0 fully saturated rings. The molecule has 0 aliphatic rings. The van der Waals surface area contributed by atoms with Crippen LogP contribution in [-0.2, 0) is 5.60 Å². The van der Waals surface area contributed by atoms with Crippen LogP contribution in [0.1, 0.15) is 12.5 Å². The number of nitrogens with zero attached hydrogens (tertiary/aromatic N) is 1. The van der Waals surface area contributed by atoms with Crippen LogP contribution in [0.15, 0.2) is 36.4 Å². The fraction of sp³-hybridized carbons (Fsp3) is 0.353. The van der Waals surface area contributed by atoms with Crippen molar-refractivity contribution in [3.63, 3.8) is 0 Å². The average Bonchev–Trinajstić information content (AvgIpc) is 2.57. The minimum atomic E-state index is -6.06. The zero-order chi connectivity index (χ0) is 20.6. The van der Waals surface area contributed by atoms with Crippen LogP contribution in [-0.4, -0.2) is 37.1 Å². The predicted molar refractivity (Wildman–Crippen MR) is 87.4 cm³/mol. The maximum Gasteiger partial charge on any atom is 0.430 e. The van der Waals surface area contributed by atoms with E-state index in [0.29, 0.717) is 16.4 Å². The van der Waals surface area contributed by atoms with E-state index in [9.17, 15) is 36.2 Å². The third kappa shape index (κ3) is 3.41. The van der Waals surface area contributed by atoms with Gasteiger partial charge in [0.15, 0.2) is 0 Å². The van der Waals surface area contributed by atoms with Gasteiger partial charge in [-0.25, -0.2) is 4.79 Å². The molecule has 0 saturated carbocycles. The Kier molecular flexibility index (Phi) is 5.33. The number of urea groups is 1. The van der Waals surface area contributed by atoms with E-state index in [1.165, 1.54) is 31.2 Å². The van der Waals surface area contributed by atoms with E-state index in [4.69, 9.17) is 0 Å². The summed E-state index contributed by atoms with van der Waals surface area (Å²) in [6.07, 6.45) is -12.1. The van der Waals surface area contributed by atoms with Gasteiger partial charge in [-0.2, -0.15) is 26.3 Å². The standard InChI is InChI=1S/C17H16F6N2O2/c1-3-24-14(26)25(2)13-11-7-5-4-6-10(11)8-9-12(13)15(27,16(18,19)20)17(21,22)23/h4-9,27H,3H2,1-2H3,(H,24,26). The molecule has 0 aliphatic heterocycles. The lowest BCUT2D eigenvalue weighted by Crippen LogP contribution is -2.54. The zero-order valence-corrected chi connectivity index (χ0v) is 14.2. The molecule has 0 spiro atoms. The van der Waals surface area contributed by atoms with Gasteiger partial charge in [0.2, 0.25) is 0 Å². The zero-order valence-electron chi connectivity index (χ0n) is 14.2. The first kappa shape index (κ1) is 20.8. The van der Waals surface area contributed by atoms with Crippen LogP contribution in [0.4, 0.5) is 36.8 Å². The van der Waals surface area contributed by atoms with Crippen molar-refractivity contribution in [1.29, 1.82) is 0 Å². The number of benzene rings is 2. The van der Waals surface area contributed by atoms with Gasteiger partial charge in [0.25, 0.3) is 5.60 Å². The Hall–Kier alpha value is -2.49. The second-order valence-corrected chi connectivity index (χ2v) is 5.78. The van der Waals surface area contributed by atoms with Crippen LogP contribution in [0.5, 0.6) is 0 Å². The Morgan fingerprint density at radius 1 is 1.04 bits per heavy atom. The molecule has 2 rings (SSSR count). The van der Waals surface area contributed by atoms with E-state index in [1.807, 2.05) is 0 Å². The number of rotatable bonds is 3. The Labute approximate surface area is 150 Å². The molecule has 0 bridgehead atoms. The molecule has 0 aromatic heterocycles. The summed E-state index contributed by atoms with van der Waals surface area (Å²) in [5.74, 6) is 0. The monoisotopic (exact) mass is 394 g/mol. The quantitative estimate of drug-likeness (QED) is 0.762. The first-order valence-corrected chi connectivity index (χ1v) is 7.75. The lowest BCUT2D eigenvalue weighted by Gasteiger charge is -2.36. The lowest BCUT2D eigenvalue weighted by molar-refractivity contribution is -0.376. The fourth-order valence-electron chi connectivity index (χ4n) is 2.75. The Balaban J connectivity index is 2.91. The fourth-order valence-corrected chi connectivity index (χ4v) is 2.75. The normalized spacial score (nSPS) is 12.9.